The number of amidine groups is 1. The molecule has 0 saturated carbocycles. The summed E-state index contributed by atoms with van der Waals surface area (Å²) in [5, 5.41) is 7.70. The third-order valence-electron chi connectivity index (χ3n) is 5.77. The number of hydrogen-bond acceptors (Lipinski definition) is 3. The molecule has 31 heavy (non-hydrogen) atoms. The highest BCUT2D eigenvalue weighted by Gasteiger charge is 2.09. The van der Waals surface area contributed by atoms with Crippen LogP contribution in [0.5, 0.6) is 11.5 Å². The minimum Gasteiger partial charge on any atom is -0.490 e. The summed E-state index contributed by atoms with van der Waals surface area (Å²) in [6.07, 6.45) is 20.5. The van der Waals surface area contributed by atoms with Crippen molar-refractivity contribution >= 4 is 5.84 Å². The van der Waals surface area contributed by atoms with Gasteiger partial charge in [0.2, 0.25) is 0 Å². The Morgan fingerprint density at radius 1 is 0.645 bits per heavy atom. The molecule has 0 saturated heterocycles. The predicted octanol–water partition coefficient (Wildman–Crippen LogP) is 8.01. The molecular weight excluding hydrogens is 384 g/mol. The highest BCUT2D eigenvalue weighted by atomic mass is 16.5. The molecule has 0 aromatic heterocycles. The Bertz CT molecular complexity index is 574. The SMILES string of the molecule is CCCCCCCCCCOc1ccc(C(=N)N)cc1OCCCCCCCCCC. The zero-order valence-electron chi connectivity index (χ0n) is 20.4. The van der Waals surface area contributed by atoms with Crippen molar-refractivity contribution in [2.45, 2.75) is 117 Å². The molecule has 0 aliphatic rings. The Kier molecular flexibility index (Phi) is 16.8. The van der Waals surface area contributed by atoms with Crippen LogP contribution in [0.15, 0.2) is 18.2 Å². The van der Waals surface area contributed by atoms with Crippen LogP contribution < -0.4 is 15.2 Å². The first-order chi connectivity index (χ1) is 15.2. The fraction of sp³-hybridized carbons (Fsp3) is 0.741. The number of ether oxygens (including phenoxy) is 2. The number of benzene rings is 1. The van der Waals surface area contributed by atoms with Crippen LogP contribution in [0, 0.1) is 5.41 Å². The molecular formula is C27H48N2O2. The van der Waals surface area contributed by atoms with Crippen LogP contribution in [-0.2, 0) is 0 Å². The lowest BCUT2D eigenvalue weighted by atomic mass is 10.1. The van der Waals surface area contributed by atoms with Crippen molar-refractivity contribution in [3.63, 3.8) is 0 Å². The van der Waals surface area contributed by atoms with Gasteiger partial charge < -0.3 is 15.2 Å². The van der Waals surface area contributed by atoms with Crippen molar-refractivity contribution in [2.24, 2.45) is 5.73 Å². The number of rotatable bonds is 21. The number of unbranched alkanes of at least 4 members (excludes halogenated alkanes) is 14. The van der Waals surface area contributed by atoms with Crippen molar-refractivity contribution in [3.8, 4) is 11.5 Å². The second-order valence-corrected chi connectivity index (χ2v) is 8.72. The predicted molar refractivity (Wildman–Crippen MR) is 134 cm³/mol. The zero-order chi connectivity index (χ0) is 22.6. The van der Waals surface area contributed by atoms with Crippen molar-refractivity contribution in [1.82, 2.24) is 0 Å². The summed E-state index contributed by atoms with van der Waals surface area (Å²) in [6.45, 7) is 5.91. The summed E-state index contributed by atoms with van der Waals surface area (Å²) < 4.78 is 12.0. The minimum atomic E-state index is 0.0616. The van der Waals surface area contributed by atoms with Crippen LogP contribution in [0.2, 0.25) is 0 Å². The van der Waals surface area contributed by atoms with Crippen molar-refractivity contribution in [1.29, 1.82) is 5.41 Å². The normalized spacial score (nSPS) is 10.9. The van der Waals surface area contributed by atoms with Crippen LogP contribution in [0.25, 0.3) is 0 Å². The number of hydrogen-bond donors (Lipinski definition) is 2. The first-order valence-electron chi connectivity index (χ1n) is 12.9. The van der Waals surface area contributed by atoms with Gasteiger partial charge in [-0.05, 0) is 31.0 Å². The third-order valence-corrected chi connectivity index (χ3v) is 5.77. The van der Waals surface area contributed by atoms with E-state index in [0.29, 0.717) is 18.8 Å². The Balaban J connectivity index is 2.30. The zero-order valence-corrected chi connectivity index (χ0v) is 20.4. The topological polar surface area (TPSA) is 68.3 Å². The van der Waals surface area contributed by atoms with Gasteiger partial charge >= 0.3 is 0 Å². The Morgan fingerprint density at radius 2 is 1.06 bits per heavy atom. The highest BCUT2D eigenvalue weighted by molar-refractivity contribution is 5.95. The maximum atomic E-state index is 7.70. The van der Waals surface area contributed by atoms with Gasteiger partial charge in [-0.25, -0.2) is 0 Å². The van der Waals surface area contributed by atoms with Gasteiger partial charge in [0, 0.05) is 5.56 Å². The summed E-state index contributed by atoms with van der Waals surface area (Å²) >= 11 is 0. The van der Waals surface area contributed by atoms with Crippen LogP contribution in [0.4, 0.5) is 0 Å². The second-order valence-electron chi connectivity index (χ2n) is 8.72. The van der Waals surface area contributed by atoms with Gasteiger partial charge in [0.25, 0.3) is 0 Å². The van der Waals surface area contributed by atoms with Gasteiger partial charge in [-0.15, -0.1) is 0 Å². The molecule has 4 heteroatoms. The van der Waals surface area contributed by atoms with Gasteiger partial charge in [0.1, 0.15) is 5.84 Å². The molecule has 0 radical (unpaired) electrons. The number of nitrogens with one attached hydrogen (secondary N) is 1. The van der Waals surface area contributed by atoms with Crippen LogP contribution in [0.1, 0.15) is 122 Å². The van der Waals surface area contributed by atoms with E-state index in [1.54, 1.807) is 0 Å². The molecule has 3 N–H and O–H groups in total. The molecule has 0 unspecified atom stereocenters. The fourth-order valence-corrected chi connectivity index (χ4v) is 3.74. The molecule has 1 aromatic carbocycles. The Hall–Kier alpha value is -1.71. The fourth-order valence-electron chi connectivity index (χ4n) is 3.74. The summed E-state index contributed by atoms with van der Waals surface area (Å²) in [6, 6.07) is 5.58. The number of nitrogen functional groups attached to an aromatic ring is 1. The monoisotopic (exact) mass is 432 g/mol. The molecule has 178 valence electrons. The molecule has 0 heterocycles. The van der Waals surface area contributed by atoms with E-state index in [2.05, 4.69) is 13.8 Å². The van der Waals surface area contributed by atoms with E-state index in [1.165, 1.54) is 89.9 Å². The van der Waals surface area contributed by atoms with E-state index in [4.69, 9.17) is 20.6 Å². The maximum absolute atomic E-state index is 7.70. The minimum absolute atomic E-state index is 0.0616. The molecule has 0 aliphatic carbocycles. The first-order valence-corrected chi connectivity index (χ1v) is 12.9. The van der Waals surface area contributed by atoms with E-state index in [1.807, 2.05) is 18.2 Å². The standard InChI is InChI=1S/C27H48N2O2/c1-3-5-7-9-11-13-15-17-21-30-25-20-19-24(27(28)29)23-26(25)31-22-18-16-14-12-10-8-6-4-2/h19-20,23H,3-18,21-22H2,1-2H3,(H3,28,29). The molecule has 0 bridgehead atoms. The van der Waals surface area contributed by atoms with Crippen molar-refractivity contribution < 1.29 is 9.47 Å². The van der Waals surface area contributed by atoms with Crippen LogP contribution in [0.3, 0.4) is 0 Å². The quantitative estimate of drug-likeness (QED) is 0.117. The van der Waals surface area contributed by atoms with Gasteiger partial charge in [0.15, 0.2) is 11.5 Å². The lowest BCUT2D eigenvalue weighted by molar-refractivity contribution is 0.258. The summed E-state index contributed by atoms with van der Waals surface area (Å²) in [5.74, 6) is 1.55. The number of nitrogens with two attached hydrogens (primary N) is 1. The maximum Gasteiger partial charge on any atom is 0.161 e. The van der Waals surface area contributed by atoms with E-state index < -0.39 is 0 Å². The average Bonchev–Trinajstić information content (AvgIpc) is 2.77. The van der Waals surface area contributed by atoms with E-state index in [-0.39, 0.29) is 5.84 Å². The Labute approximate surface area is 191 Å². The molecule has 4 nitrogen and oxygen atoms in total. The largest absolute Gasteiger partial charge is 0.490 e. The average molecular weight is 433 g/mol. The Morgan fingerprint density at radius 3 is 1.52 bits per heavy atom. The molecule has 0 aliphatic heterocycles. The highest BCUT2D eigenvalue weighted by Crippen LogP contribution is 2.29. The first kappa shape index (κ1) is 27.3. The molecule has 1 rings (SSSR count). The molecule has 0 amide bonds. The van der Waals surface area contributed by atoms with Gasteiger partial charge in [-0.2, -0.15) is 0 Å². The van der Waals surface area contributed by atoms with Crippen molar-refractivity contribution in [3.05, 3.63) is 23.8 Å². The van der Waals surface area contributed by atoms with Crippen molar-refractivity contribution in [2.75, 3.05) is 13.2 Å². The van der Waals surface area contributed by atoms with E-state index >= 15 is 0 Å². The van der Waals surface area contributed by atoms with Crippen LogP contribution in [-0.4, -0.2) is 19.0 Å². The molecule has 0 atom stereocenters. The summed E-state index contributed by atoms with van der Waals surface area (Å²) in [5.41, 5.74) is 6.35. The van der Waals surface area contributed by atoms with Crippen LogP contribution >= 0.6 is 0 Å². The van der Waals surface area contributed by atoms with E-state index in [0.717, 1.165) is 24.3 Å². The smallest absolute Gasteiger partial charge is 0.161 e. The van der Waals surface area contributed by atoms with Gasteiger partial charge in [-0.3, -0.25) is 5.41 Å². The molecule has 0 fully saturated rings. The molecule has 1 aromatic rings. The lowest BCUT2D eigenvalue weighted by Crippen LogP contribution is -2.12. The third kappa shape index (κ3) is 14.1. The summed E-state index contributed by atoms with van der Waals surface area (Å²) in [4.78, 5) is 0. The van der Waals surface area contributed by atoms with Gasteiger partial charge in [0.05, 0.1) is 13.2 Å². The molecule has 0 spiro atoms. The lowest BCUT2D eigenvalue weighted by Gasteiger charge is -2.14. The summed E-state index contributed by atoms with van der Waals surface area (Å²) in [7, 11) is 0. The second kappa shape index (κ2) is 19.0. The van der Waals surface area contributed by atoms with E-state index in [9.17, 15) is 0 Å². The van der Waals surface area contributed by atoms with Gasteiger partial charge in [-0.1, -0.05) is 104 Å².